The van der Waals surface area contributed by atoms with Crippen LogP contribution in [0.25, 0.3) is 0 Å². The molecule has 4 rings (SSSR count). The lowest BCUT2D eigenvalue weighted by atomic mass is 10.00. The van der Waals surface area contributed by atoms with Crippen molar-refractivity contribution in [1.29, 1.82) is 0 Å². The molecule has 9 nitrogen and oxygen atoms in total. The number of carbonyl (C=O) groups is 2. The van der Waals surface area contributed by atoms with Gasteiger partial charge >= 0.3 is 6.36 Å². The van der Waals surface area contributed by atoms with Gasteiger partial charge < -0.3 is 25.0 Å². The number of aliphatic hydroxyl groups is 1. The van der Waals surface area contributed by atoms with Gasteiger partial charge in [0.15, 0.2) is 0 Å². The number of benzene rings is 3. The Balaban J connectivity index is 1.49. The quantitative estimate of drug-likeness (QED) is 0.355. The predicted molar refractivity (Wildman–Crippen MR) is 155 cm³/mol. The Morgan fingerprint density at radius 2 is 1.69 bits per heavy atom. The fourth-order valence-corrected chi connectivity index (χ4v) is 4.47. The van der Waals surface area contributed by atoms with E-state index in [1.165, 1.54) is 12.1 Å². The third kappa shape index (κ3) is 8.00. The molecule has 0 aromatic heterocycles. The first-order chi connectivity index (χ1) is 19.9. The van der Waals surface area contributed by atoms with Crippen LogP contribution < -0.4 is 24.9 Å². The van der Waals surface area contributed by atoms with Crippen LogP contribution >= 0.6 is 0 Å². The molecule has 0 aliphatic carbocycles. The molecule has 0 spiro atoms. The lowest BCUT2D eigenvalue weighted by molar-refractivity contribution is -0.274. The van der Waals surface area contributed by atoms with Gasteiger partial charge in [-0.3, -0.25) is 9.59 Å². The highest BCUT2D eigenvalue weighted by Gasteiger charge is 2.33. The monoisotopic (exact) mass is 583 g/mol. The Morgan fingerprint density at radius 3 is 2.33 bits per heavy atom. The van der Waals surface area contributed by atoms with Crippen LogP contribution in [0.1, 0.15) is 12.0 Å². The van der Waals surface area contributed by atoms with Crippen molar-refractivity contribution in [1.82, 2.24) is 5.32 Å². The normalized spacial score (nSPS) is 14.7. The van der Waals surface area contributed by atoms with Crippen molar-refractivity contribution >= 4 is 34.6 Å². The van der Waals surface area contributed by atoms with Crippen LogP contribution in [0, 0.1) is 0 Å². The molecule has 0 saturated carbocycles. The van der Waals surface area contributed by atoms with Crippen molar-refractivity contribution < 1.29 is 32.6 Å². The molecule has 0 unspecified atom stereocenters. The third-order valence-corrected chi connectivity index (χ3v) is 6.68. The first-order valence-electron chi connectivity index (χ1n) is 13.2. The largest absolute Gasteiger partial charge is 0.573 e. The van der Waals surface area contributed by atoms with Crippen molar-refractivity contribution in [2.24, 2.45) is 5.10 Å². The Bertz CT molecular complexity index is 1410. The van der Waals surface area contributed by atoms with E-state index in [0.29, 0.717) is 6.42 Å². The van der Waals surface area contributed by atoms with Crippen LogP contribution in [-0.2, 0) is 16.0 Å². The number of carbonyl (C=O) groups excluding carboxylic acids is 2. The van der Waals surface area contributed by atoms with E-state index in [-0.39, 0.29) is 24.4 Å². The Labute approximate surface area is 241 Å². The number of nitrogens with one attached hydrogen (secondary N) is 1. The minimum absolute atomic E-state index is 0.0760. The average molecular weight is 584 g/mol. The second-order valence-corrected chi connectivity index (χ2v) is 10.1. The maximum atomic E-state index is 13.3. The van der Waals surface area contributed by atoms with Crippen LogP contribution in [0.15, 0.2) is 84.0 Å². The number of alkyl halides is 3. The minimum atomic E-state index is -4.85. The first kappa shape index (κ1) is 30.4. The molecule has 3 aromatic rings. The summed E-state index contributed by atoms with van der Waals surface area (Å²) in [5.41, 5.74) is 2.89. The number of halogens is 3. The van der Waals surface area contributed by atoms with Crippen LogP contribution in [0.3, 0.4) is 0 Å². The number of ether oxygens (including phenoxy) is 1. The summed E-state index contributed by atoms with van der Waals surface area (Å²) < 4.78 is 41.3. The molecule has 0 saturated heterocycles. The molecule has 1 aliphatic heterocycles. The second kappa shape index (κ2) is 12.9. The van der Waals surface area contributed by atoms with Crippen LogP contribution in [-0.4, -0.2) is 68.8 Å². The zero-order valence-corrected chi connectivity index (χ0v) is 23.4. The van der Waals surface area contributed by atoms with Crippen LogP contribution in [0.2, 0.25) is 0 Å². The highest BCUT2D eigenvalue weighted by atomic mass is 19.4. The Hall–Kier alpha value is -4.58. The van der Waals surface area contributed by atoms with Crippen LogP contribution in [0.5, 0.6) is 5.75 Å². The summed E-state index contributed by atoms with van der Waals surface area (Å²) in [7, 11) is 5.73. The summed E-state index contributed by atoms with van der Waals surface area (Å²) in [6.07, 6.45) is -5.82. The van der Waals surface area contributed by atoms with Crippen molar-refractivity contribution in [2.45, 2.75) is 31.3 Å². The van der Waals surface area contributed by atoms with Gasteiger partial charge in [-0.15, -0.1) is 13.2 Å². The van der Waals surface area contributed by atoms with Crippen molar-refractivity contribution in [2.75, 3.05) is 42.5 Å². The van der Waals surface area contributed by atoms with E-state index in [4.69, 9.17) is 0 Å². The number of hydrogen-bond donors (Lipinski definition) is 2. The zero-order chi connectivity index (χ0) is 30.4. The first-order valence-corrected chi connectivity index (χ1v) is 13.2. The number of hydrogen-bond acceptors (Lipinski definition) is 7. The lowest BCUT2D eigenvalue weighted by Crippen LogP contribution is -2.50. The van der Waals surface area contributed by atoms with Gasteiger partial charge in [-0.25, -0.2) is 0 Å². The highest BCUT2D eigenvalue weighted by Crippen LogP contribution is 2.27. The minimum Gasteiger partial charge on any atom is -0.406 e. The topological polar surface area (TPSA) is 97.7 Å². The van der Waals surface area contributed by atoms with Gasteiger partial charge in [0.25, 0.3) is 11.8 Å². The van der Waals surface area contributed by atoms with Crippen molar-refractivity contribution in [3.8, 4) is 5.75 Å². The van der Waals surface area contributed by atoms with Gasteiger partial charge in [-0.2, -0.15) is 10.1 Å². The van der Waals surface area contributed by atoms with Crippen molar-refractivity contribution in [3.63, 3.8) is 0 Å². The van der Waals surface area contributed by atoms with Gasteiger partial charge in [0, 0.05) is 39.1 Å². The maximum Gasteiger partial charge on any atom is 0.573 e. The molecule has 0 radical (unpaired) electrons. The fourth-order valence-electron chi connectivity index (χ4n) is 4.47. The number of nitrogens with zero attached hydrogens (tertiary/aromatic N) is 4. The summed E-state index contributed by atoms with van der Waals surface area (Å²) >= 11 is 0. The molecular weight excluding hydrogens is 551 g/mol. The van der Waals surface area contributed by atoms with E-state index in [2.05, 4.69) is 15.2 Å². The zero-order valence-electron chi connectivity index (χ0n) is 23.4. The lowest BCUT2D eigenvalue weighted by Gasteiger charge is -2.29. The number of anilines is 3. The van der Waals surface area contributed by atoms with Crippen molar-refractivity contribution in [3.05, 3.63) is 84.4 Å². The number of hydrazone groups is 1. The number of amides is 2. The van der Waals surface area contributed by atoms with Gasteiger partial charge in [-0.1, -0.05) is 36.4 Å². The van der Waals surface area contributed by atoms with E-state index >= 15 is 0 Å². The molecule has 12 heteroatoms. The standard InChI is InChI=1S/C30H32F3N5O4/c1-36(2)22-10-7-11-23(17-22)37(3)19-27(39)25(16-20-8-5-4-6-9-20)34-29(41)26-18-28(40)38(35-26)21-12-14-24(15-13-21)42-30(31,32)33/h4-15,17,25,27,39H,16,18-19H2,1-3H3,(H,34,41)/t25-,27+/m0/s1. The van der Waals surface area contributed by atoms with Crippen LogP contribution in [0.4, 0.5) is 30.2 Å². The second-order valence-electron chi connectivity index (χ2n) is 10.1. The van der Waals surface area contributed by atoms with Gasteiger partial charge in [0.2, 0.25) is 0 Å². The molecule has 1 heterocycles. The maximum absolute atomic E-state index is 13.3. The molecule has 0 fully saturated rings. The molecule has 2 amide bonds. The fraction of sp³-hybridized carbons (Fsp3) is 0.300. The summed E-state index contributed by atoms with van der Waals surface area (Å²) in [6, 6.07) is 21.1. The molecular formula is C30H32F3N5O4. The van der Waals surface area contributed by atoms with E-state index < -0.39 is 36.1 Å². The predicted octanol–water partition coefficient (Wildman–Crippen LogP) is 3.97. The van der Waals surface area contributed by atoms with E-state index in [9.17, 15) is 27.9 Å². The summed E-state index contributed by atoms with van der Waals surface area (Å²) in [4.78, 5) is 29.8. The number of aliphatic hydroxyl groups excluding tert-OH is 1. The highest BCUT2D eigenvalue weighted by molar-refractivity contribution is 6.44. The molecule has 2 N–H and O–H groups in total. The summed E-state index contributed by atoms with van der Waals surface area (Å²) in [5.74, 6) is -1.60. The average Bonchev–Trinajstić information content (AvgIpc) is 3.34. The van der Waals surface area contributed by atoms with Gasteiger partial charge in [-0.05, 0) is 54.4 Å². The molecule has 42 heavy (non-hydrogen) atoms. The number of rotatable bonds is 11. The Kier molecular flexibility index (Phi) is 9.36. The van der Waals surface area contributed by atoms with E-state index in [0.717, 1.165) is 34.1 Å². The smallest absolute Gasteiger partial charge is 0.406 e. The summed E-state index contributed by atoms with van der Waals surface area (Å²) in [5, 5.41) is 19.2. The van der Waals surface area contributed by atoms with Gasteiger partial charge in [0.1, 0.15) is 11.5 Å². The summed E-state index contributed by atoms with van der Waals surface area (Å²) in [6.45, 7) is 0.207. The SMILES string of the molecule is CN(C)c1cccc(N(C)C[C@@H](O)[C@H](Cc2ccccc2)NC(=O)C2=NN(c3ccc(OC(F)(F)F)cc3)C(=O)C2)c1. The third-order valence-electron chi connectivity index (χ3n) is 6.68. The molecule has 1 aliphatic rings. The molecule has 0 bridgehead atoms. The molecule has 222 valence electrons. The molecule has 2 atom stereocenters. The van der Waals surface area contributed by atoms with Gasteiger partial charge in [0.05, 0.1) is 24.3 Å². The van der Waals surface area contributed by atoms with E-state index in [1.807, 2.05) is 85.5 Å². The Morgan fingerprint density at radius 1 is 1.02 bits per heavy atom. The number of likely N-dealkylation sites (N-methyl/N-ethyl adjacent to an activating group) is 1. The van der Waals surface area contributed by atoms with E-state index in [1.54, 1.807) is 0 Å². The molecule has 3 aromatic carbocycles.